The second kappa shape index (κ2) is 7.34. The minimum Gasteiger partial charge on any atom is -0.482 e. The molecule has 104 valence electrons. The lowest BCUT2D eigenvalue weighted by Crippen LogP contribution is -2.09. The number of hydrogen-bond donors (Lipinski definition) is 1. The van der Waals surface area contributed by atoms with E-state index in [9.17, 15) is 4.79 Å². The lowest BCUT2D eigenvalue weighted by molar-refractivity contribution is -0.139. The van der Waals surface area contributed by atoms with Crippen LogP contribution in [0.5, 0.6) is 5.75 Å². The Kier molecular flexibility index (Phi) is 5.18. The van der Waals surface area contributed by atoms with Gasteiger partial charge in [-0.25, -0.2) is 4.79 Å². The highest BCUT2D eigenvalue weighted by molar-refractivity contribution is 5.68. The van der Waals surface area contributed by atoms with Gasteiger partial charge < -0.3 is 9.84 Å². The molecule has 0 aliphatic heterocycles. The summed E-state index contributed by atoms with van der Waals surface area (Å²) in [5, 5.41) is 8.53. The minimum atomic E-state index is -0.961. The Balaban J connectivity index is 1.77. The van der Waals surface area contributed by atoms with Gasteiger partial charge in [0.2, 0.25) is 0 Å². The van der Waals surface area contributed by atoms with Crippen LogP contribution >= 0.6 is 0 Å². The third-order valence-corrected chi connectivity index (χ3v) is 3.06. The Morgan fingerprint density at radius 2 is 1.50 bits per heavy atom. The average Bonchev–Trinajstić information content (AvgIpc) is 2.47. The van der Waals surface area contributed by atoms with Crippen LogP contribution in [0.4, 0.5) is 0 Å². The molecule has 0 unspecified atom stereocenters. The van der Waals surface area contributed by atoms with Gasteiger partial charge in [-0.05, 0) is 42.5 Å². The first kappa shape index (κ1) is 14.1. The van der Waals surface area contributed by atoms with Gasteiger partial charge in [-0.1, -0.05) is 42.5 Å². The molecule has 2 aromatic rings. The van der Waals surface area contributed by atoms with E-state index in [-0.39, 0.29) is 6.61 Å². The average molecular weight is 270 g/mol. The number of carbonyl (C=O) groups is 1. The van der Waals surface area contributed by atoms with Crippen molar-refractivity contribution < 1.29 is 14.6 Å². The lowest BCUT2D eigenvalue weighted by atomic mass is 10.0. The molecule has 0 atom stereocenters. The van der Waals surface area contributed by atoms with Crippen LogP contribution in [-0.2, 0) is 17.6 Å². The maximum absolute atomic E-state index is 10.4. The zero-order chi connectivity index (χ0) is 14.2. The van der Waals surface area contributed by atoms with Crippen molar-refractivity contribution in [3.63, 3.8) is 0 Å². The van der Waals surface area contributed by atoms with Gasteiger partial charge in [0.1, 0.15) is 5.75 Å². The molecule has 2 rings (SSSR count). The van der Waals surface area contributed by atoms with Gasteiger partial charge in [0.05, 0.1) is 0 Å². The van der Waals surface area contributed by atoms with E-state index in [1.807, 2.05) is 30.3 Å². The van der Waals surface area contributed by atoms with Gasteiger partial charge in [0.25, 0.3) is 0 Å². The molecule has 0 saturated heterocycles. The predicted molar refractivity (Wildman–Crippen MR) is 78.0 cm³/mol. The second-order valence-electron chi connectivity index (χ2n) is 4.67. The van der Waals surface area contributed by atoms with Crippen LogP contribution in [-0.4, -0.2) is 17.7 Å². The van der Waals surface area contributed by atoms with Gasteiger partial charge in [-0.3, -0.25) is 0 Å². The maximum atomic E-state index is 10.4. The van der Waals surface area contributed by atoms with Gasteiger partial charge in [-0.2, -0.15) is 0 Å². The van der Waals surface area contributed by atoms with E-state index in [1.165, 1.54) is 11.1 Å². The largest absolute Gasteiger partial charge is 0.482 e. The normalized spacial score (nSPS) is 10.2. The first-order valence-electron chi connectivity index (χ1n) is 6.71. The molecule has 0 bridgehead atoms. The quantitative estimate of drug-likeness (QED) is 0.839. The first-order chi connectivity index (χ1) is 9.74. The molecule has 0 saturated carbocycles. The summed E-state index contributed by atoms with van der Waals surface area (Å²) in [6, 6.07) is 18.0. The second-order valence-corrected chi connectivity index (χ2v) is 4.67. The van der Waals surface area contributed by atoms with Crippen molar-refractivity contribution in [2.45, 2.75) is 19.3 Å². The van der Waals surface area contributed by atoms with Crippen molar-refractivity contribution >= 4 is 5.97 Å². The van der Waals surface area contributed by atoms with Crippen LogP contribution < -0.4 is 4.74 Å². The van der Waals surface area contributed by atoms with Crippen LogP contribution in [0.2, 0.25) is 0 Å². The van der Waals surface area contributed by atoms with Gasteiger partial charge in [0, 0.05) is 0 Å². The molecule has 0 spiro atoms. The van der Waals surface area contributed by atoms with E-state index in [1.54, 1.807) is 0 Å². The predicted octanol–water partition coefficient (Wildman–Crippen LogP) is 3.33. The third kappa shape index (κ3) is 4.76. The van der Waals surface area contributed by atoms with E-state index < -0.39 is 5.97 Å². The molecule has 0 fully saturated rings. The molecular formula is C17H18O3. The molecule has 0 heterocycles. The molecule has 0 aromatic heterocycles. The van der Waals surface area contributed by atoms with Crippen LogP contribution in [0.3, 0.4) is 0 Å². The SMILES string of the molecule is O=C(O)COc1ccc(CCCc2ccccc2)cc1. The summed E-state index contributed by atoms with van der Waals surface area (Å²) in [6.45, 7) is -0.298. The number of aryl methyl sites for hydroxylation is 2. The Morgan fingerprint density at radius 3 is 2.10 bits per heavy atom. The van der Waals surface area contributed by atoms with E-state index in [0.717, 1.165) is 19.3 Å². The Hall–Kier alpha value is -2.29. The highest BCUT2D eigenvalue weighted by Crippen LogP contribution is 2.14. The van der Waals surface area contributed by atoms with Crippen molar-refractivity contribution in [3.05, 3.63) is 65.7 Å². The number of hydrogen-bond acceptors (Lipinski definition) is 2. The molecule has 20 heavy (non-hydrogen) atoms. The fourth-order valence-electron chi connectivity index (χ4n) is 2.04. The Morgan fingerprint density at radius 1 is 0.900 bits per heavy atom. The number of carboxylic acids is 1. The van der Waals surface area contributed by atoms with Crippen molar-refractivity contribution in [2.24, 2.45) is 0 Å². The van der Waals surface area contributed by atoms with Crippen LogP contribution in [0.15, 0.2) is 54.6 Å². The van der Waals surface area contributed by atoms with Crippen molar-refractivity contribution in [1.82, 2.24) is 0 Å². The van der Waals surface area contributed by atoms with Crippen LogP contribution in [0.25, 0.3) is 0 Å². The van der Waals surface area contributed by atoms with E-state index in [0.29, 0.717) is 5.75 Å². The molecule has 2 aromatic carbocycles. The van der Waals surface area contributed by atoms with Crippen molar-refractivity contribution in [3.8, 4) is 5.75 Å². The smallest absolute Gasteiger partial charge is 0.341 e. The summed E-state index contributed by atoms with van der Waals surface area (Å²) in [5.41, 5.74) is 2.59. The van der Waals surface area contributed by atoms with Crippen LogP contribution in [0.1, 0.15) is 17.5 Å². The molecular weight excluding hydrogens is 252 g/mol. The number of aliphatic carboxylic acids is 1. The Bertz CT molecular complexity index is 532. The van der Waals surface area contributed by atoms with Crippen molar-refractivity contribution in [2.75, 3.05) is 6.61 Å². The minimum absolute atomic E-state index is 0.298. The lowest BCUT2D eigenvalue weighted by Gasteiger charge is -2.05. The summed E-state index contributed by atoms with van der Waals surface area (Å²) < 4.78 is 5.10. The monoisotopic (exact) mass is 270 g/mol. The number of benzene rings is 2. The summed E-state index contributed by atoms with van der Waals surface area (Å²) in [4.78, 5) is 10.4. The summed E-state index contributed by atoms with van der Waals surface area (Å²) in [5.74, 6) is -0.365. The van der Waals surface area contributed by atoms with Crippen molar-refractivity contribution in [1.29, 1.82) is 0 Å². The Labute approximate surface area is 118 Å². The number of carboxylic acid groups (broad SMARTS) is 1. The maximum Gasteiger partial charge on any atom is 0.341 e. The highest BCUT2D eigenvalue weighted by atomic mass is 16.5. The zero-order valence-corrected chi connectivity index (χ0v) is 11.3. The fraction of sp³-hybridized carbons (Fsp3) is 0.235. The van der Waals surface area contributed by atoms with Crippen LogP contribution in [0, 0.1) is 0 Å². The number of rotatable bonds is 7. The molecule has 0 radical (unpaired) electrons. The van der Waals surface area contributed by atoms with E-state index in [2.05, 4.69) is 24.3 Å². The fourth-order valence-corrected chi connectivity index (χ4v) is 2.04. The zero-order valence-electron chi connectivity index (χ0n) is 11.3. The summed E-state index contributed by atoms with van der Waals surface area (Å²) >= 11 is 0. The molecule has 0 amide bonds. The van der Waals surface area contributed by atoms with E-state index in [4.69, 9.17) is 9.84 Å². The molecule has 0 aliphatic rings. The summed E-state index contributed by atoms with van der Waals surface area (Å²) in [7, 11) is 0. The topological polar surface area (TPSA) is 46.5 Å². The molecule has 3 nitrogen and oxygen atoms in total. The number of ether oxygens (including phenoxy) is 1. The molecule has 0 aliphatic carbocycles. The summed E-state index contributed by atoms with van der Waals surface area (Å²) in [6.07, 6.45) is 3.17. The first-order valence-corrected chi connectivity index (χ1v) is 6.71. The standard InChI is InChI=1S/C17H18O3/c18-17(19)13-20-16-11-9-15(10-12-16)8-4-7-14-5-2-1-3-6-14/h1-3,5-6,9-12H,4,7-8,13H2,(H,18,19). The van der Waals surface area contributed by atoms with Gasteiger partial charge >= 0.3 is 5.97 Å². The van der Waals surface area contributed by atoms with Gasteiger partial charge in [-0.15, -0.1) is 0 Å². The molecule has 3 heteroatoms. The third-order valence-electron chi connectivity index (χ3n) is 3.06. The highest BCUT2D eigenvalue weighted by Gasteiger charge is 2.00. The van der Waals surface area contributed by atoms with Gasteiger partial charge in [0.15, 0.2) is 6.61 Å². The molecule has 1 N–H and O–H groups in total. The van der Waals surface area contributed by atoms with E-state index >= 15 is 0 Å².